The predicted octanol–water partition coefficient (Wildman–Crippen LogP) is -3.50. The van der Waals surface area contributed by atoms with E-state index in [-0.39, 0.29) is 11.9 Å². The summed E-state index contributed by atoms with van der Waals surface area (Å²) in [5.41, 5.74) is 20.4. The van der Waals surface area contributed by atoms with E-state index in [0.717, 1.165) is 26.2 Å². The highest BCUT2D eigenvalue weighted by Gasteiger charge is 2.10. The molecule has 1 heterocycles. The van der Waals surface area contributed by atoms with E-state index >= 15 is 0 Å². The monoisotopic (exact) mass is 434 g/mol. The molecule has 0 spiro atoms. The Hall–Kier alpha value is -2.68. The van der Waals surface area contributed by atoms with E-state index in [1.807, 2.05) is 0 Å². The van der Waals surface area contributed by atoms with Crippen molar-refractivity contribution in [2.75, 3.05) is 39.3 Å². The Bertz CT molecular complexity index is 453. The first-order valence-electron chi connectivity index (χ1n) is 9.61. The molecular weight excluding hydrogens is 396 g/mol. The second-order valence-electron chi connectivity index (χ2n) is 6.35. The number of hydrogen-bond donors (Lipinski definition) is 12. The number of piperazine rings is 1. The fraction of sp³-hybridized carbons (Fsp3) is 0.750. The zero-order valence-electron chi connectivity index (χ0n) is 17.2. The van der Waals surface area contributed by atoms with E-state index in [1.54, 1.807) is 0 Å². The molecule has 2 atom stereocenters. The molecule has 0 aliphatic carbocycles. The van der Waals surface area contributed by atoms with Crippen molar-refractivity contribution in [3.8, 4) is 0 Å². The Morgan fingerprint density at radius 2 is 1.10 bits per heavy atom. The predicted molar refractivity (Wildman–Crippen MR) is 115 cm³/mol. The molecule has 0 unspecified atom stereocenters. The van der Waals surface area contributed by atoms with Gasteiger partial charge in [-0.15, -0.1) is 0 Å². The number of carbonyl (C=O) groups is 2. The minimum atomic E-state index is -1.00. The Labute approximate surface area is 176 Å². The van der Waals surface area contributed by atoms with Crippen molar-refractivity contribution in [2.45, 2.75) is 37.8 Å². The van der Waals surface area contributed by atoms with Crippen LogP contribution in [0.15, 0.2) is 0 Å². The first-order valence-corrected chi connectivity index (χ1v) is 9.61. The Kier molecular flexibility index (Phi) is 19.3. The van der Waals surface area contributed by atoms with E-state index < -0.39 is 24.0 Å². The van der Waals surface area contributed by atoms with Crippen molar-refractivity contribution in [3.05, 3.63) is 0 Å². The lowest BCUT2D eigenvalue weighted by molar-refractivity contribution is -0.139. The zero-order chi connectivity index (χ0) is 23.4. The van der Waals surface area contributed by atoms with Gasteiger partial charge in [-0.3, -0.25) is 20.4 Å². The van der Waals surface area contributed by atoms with Crippen molar-refractivity contribution in [1.29, 1.82) is 10.8 Å². The molecule has 1 saturated heterocycles. The topological polar surface area (TPSA) is 274 Å². The summed E-state index contributed by atoms with van der Waals surface area (Å²) >= 11 is 0. The standard InChI is InChI=1S/2C6H14N4O2.C4H10N2/c2*7-4(5(11)12)2-1-3-10-6(8)9;1-2-6-4-3-5-1/h2*4H,1-3,7H2,(H,11,12)(H4,8,9,10);5-6H,1-4H2/t2*4-;/m00./s1. The van der Waals surface area contributed by atoms with Crippen LogP contribution in [0.25, 0.3) is 0 Å². The first kappa shape index (κ1) is 29.5. The lowest BCUT2D eigenvalue weighted by atomic mass is 10.2. The quantitative estimate of drug-likeness (QED) is 0.0906. The van der Waals surface area contributed by atoms with Gasteiger partial charge in [0.2, 0.25) is 0 Å². The maximum Gasteiger partial charge on any atom is 0.320 e. The molecule has 0 radical (unpaired) electrons. The van der Waals surface area contributed by atoms with Crippen LogP contribution >= 0.6 is 0 Å². The molecule has 1 aliphatic heterocycles. The third kappa shape index (κ3) is 23.4. The largest absolute Gasteiger partial charge is 0.480 e. The summed E-state index contributed by atoms with van der Waals surface area (Å²) in [5.74, 6) is -2.23. The summed E-state index contributed by atoms with van der Waals surface area (Å²) in [7, 11) is 0. The van der Waals surface area contributed by atoms with Gasteiger partial charge in [-0.2, -0.15) is 0 Å². The summed E-state index contributed by atoms with van der Waals surface area (Å²) in [4.78, 5) is 20.4. The minimum absolute atomic E-state index is 0.112. The summed E-state index contributed by atoms with van der Waals surface area (Å²) < 4.78 is 0. The Morgan fingerprint density at radius 3 is 1.30 bits per heavy atom. The lowest BCUT2D eigenvalue weighted by Crippen LogP contribution is -2.39. The smallest absolute Gasteiger partial charge is 0.320 e. The lowest BCUT2D eigenvalue weighted by Gasteiger charge is -2.11. The van der Waals surface area contributed by atoms with Crippen LogP contribution in [0.1, 0.15) is 25.7 Å². The third-order valence-corrected chi connectivity index (χ3v) is 3.61. The van der Waals surface area contributed by atoms with Gasteiger partial charge in [-0.05, 0) is 25.7 Å². The van der Waals surface area contributed by atoms with Gasteiger partial charge in [0.25, 0.3) is 0 Å². The molecule has 1 fully saturated rings. The molecule has 0 saturated carbocycles. The fourth-order valence-electron chi connectivity index (χ4n) is 1.94. The van der Waals surface area contributed by atoms with Crippen LogP contribution in [0, 0.1) is 10.8 Å². The molecule has 1 rings (SSSR count). The van der Waals surface area contributed by atoms with Gasteiger partial charge in [0.1, 0.15) is 12.1 Å². The van der Waals surface area contributed by atoms with Gasteiger partial charge in [-0.1, -0.05) is 0 Å². The number of nitrogens with two attached hydrogens (primary N) is 4. The molecule has 30 heavy (non-hydrogen) atoms. The van der Waals surface area contributed by atoms with Gasteiger partial charge in [0.15, 0.2) is 11.9 Å². The number of carboxylic acids is 2. The summed E-state index contributed by atoms with van der Waals surface area (Å²) in [6.07, 6.45) is 1.95. The average Bonchev–Trinajstić information content (AvgIpc) is 2.70. The summed E-state index contributed by atoms with van der Waals surface area (Å²) in [5, 5.41) is 41.9. The van der Waals surface area contributed by atoms with E-state index in [9.17, 15) is 9.59 Å². The van der Waals surface area contributed by atoms with Gasteiger partial charge in [0.05, 0.1) is 0 Å². The number of guanidine groups is 2. The van der Waals surface area contributed by atoms with Crippen molar-refractivity contribution in [2.24, 2.45) is 22.9 Å². The minimum Gasteiger partial charge on any atom is -0.480 e. The van der Waals surface area contributed by atoms with Crippen LogP contribution in [0.3, 0.4) is 0 Å². The average molecular weight is 435 g/mol. The maximum absolute atomic E-state index is 10.2. The van der Waals surface area contributed by atoms with Crippen molar-refractivity contribution in [3.63, 3.8) is 0 Å². The van der Waals surface area contributed by atoms with Gasteiger partial charge < -0.3 is 54.4 Å². The Balaban J connectivity index is 0. The molecule has 14 heteroatoms. The molecule has 0 aromatic carbocycles. The molecule has 176 valence electrons. The first-order chi connectivity index (χ1) is 14.1. The van der Waals surface area contributed by atoms with Crippen LogP contribution in [-0.2, 0) is 9.59 Å². The van der Waals surface area contributed by atoms with Crippen LogP contribution in [0.2, 0.25) is 0 Å². The maximum atomic E-state index is 10.2. The van der Waals surface area contributed by atoms with E-state index in [1.165, 1.54) is 0 Å². The molecule has 1 aliphatic rings. The van der Waals surface area contributed by atoms with Crippen molar-refractivity contribution < 1.29 is 19.8 Å². The van der Waals surface area contributed by atoms with Gasteiger partial charge in [-0.25, -0.2) is 0 Å². The second kappa shape index (κ2) is 19.6. The van der Waals surface area contributed by atoms with Crippen LogP contribution < -0.4 is 44.2 Å². The number of hydrogen-bond acceptors (Lipinski definition) is 8. The van der Waals surface area contributed by atoms with Crippen LogP contribution in [-0.4, -0.2) is 85.4 Å². The molecule has 0 aromatic heterocycles. The van der Waals surface area contributed by atoms with E-state index in [0.29, 0.717) is 38.8 Å². The molecule has 0 bridgehead atoms. The van der Waals surface area contributed by atoms with Gasteiger partial charge in [0, 0.05) is 39.3 Å². The fourth-order valence-corrected chi connectivity index (χ4v) is 1.94. The number of aliphatic carboxylic acids is 2. The highest BCUT2D eigenvalue weighted by molar-refractivity contribution is 5.75. The molecule has 16 N–H and O–H groups in total. The second-order valence-corrected chi connectivity index (χ2v) is 6.35. The van der Waals surface area contributed by atoms with Gasteiger partial charge >= 0.3 is 11.9 Å². The van der Waals surface area contributed by atoms with Crippen molar-refractivity contribution >= 4 is 23.9 Å². The number of rotatable bonds is 10. The van der Waals surface area contributed by atoms with Crippen LogP contribution in [0.5, 0.6) is 0 Å². The van der Waals surface area contributed by atoms with Crippen molar-refractivity contribution in [1.82, 2.24) is 21.3 Å². The summed E-state index contributed by atoms with van der Waals surface area (Å²) in [6.45, 7) is 5.52. The Morgan fingerprint density at radius 1 is 0.800 bits per heavy atom. The molecule has 0 amide bonds. The molecule has 14 nitrogen and oxygen atoms in total. The SMILES string of the molecule is C1CNCCN1.N=C(N)NCCC[C@H](N)C(=O)O.N=C(N)NCCC[C@H](N)C(=O)O. The highest BCUT2D eigenvalue weighted by atomic mass is 16.4. The van der Waals surface area contributed by atoms with Crippen LogP contribution in [0.4, 0.5) is 0 Å². The zero-order valence-corrected chi connectivity index (χ0v) is 17.2. The normalized spacial score (nSPS) is 14.5. The third-order valence-electron chi connectivity index (χ3n) is 3.61. The van der Waals surface area contributed by atoms with E-state index in [4.69, 9.17) is 44.0 Å². The summed E-state index contributed by atoms with van der Waals surface area (Å²) in [6, 6.07) is -1.64. The highest BCUT2D eigenvalue weighted by Crippen LogP contribution is 1.93. The molecule has 0 aromatic rings. The number of carboxylic acid groups (broad SMARTS) is 2. The molecular formula is C16H38N10O4. The number of nitrogens with one attached hydrogen (secondary N) is 6. The van der Waals surface area contributed by atoms with E-state index in [2.05, 4.69) is 21.3 Å².